The molecule has 0 atom stereocenters. The van der Waals surface area contributed by atoms with E-state index < -0.39 is 11.5 Å². The predicted octanol–water partition coefficient (Wildman–Crippen LogP) is 1.26. The molecule has 0 rings (SSSR count). The highest BCUT2D eigenvalue weighted by atomic mass is 16.4. The Morgan fingerprint density at radius 2 is 1.69 bits per heavy atom. The second-order valence-electron chi connectivity index (χ2n) is 3.92. The summed E-state index contributed by atoms with van der Waals surface area (Å²) in [5.41, 5.74) is -1.15. The van der Waals surface area contributed by atoms with Crippen molar-refractivity contribution in [3.05, 3.63) is 0 Å². The summed E-state index contributed by atoms with van der Waals surface area (Å²) in [7, 11) is 0. The molecule has 4 nitrogen and oxygen atoms in total. The molecule has 0 saturated carbocycles. The summed E-state index contributed by atoms with van der Waals surface area (Å²) in [5.74, 6) is -0.213. The number of hydrogen-bond donors (Lipinski definition) is 2. The fourth-order valence-corrected chi connectivity index (χ4v) is 0.209. The van der Waals surface area contributed by atoms with Gasteiger partial charge in [-0.15, -0.1) is 0 Å². The molecule has 0 aromatic carbocycles. The normalized spacial score (nSPS) is 10.0. The molecule has 0 aromatic rings. The van der Waals surface area contributed by atoms with Crippen LogP contribution in [0.25, 0.3) is 0 Å². The number of carbonyl (C=O) groups excluding carboxylic acids is 1. The van der Waals surface area contributed by atoms with Crippen LogP contribution < -0.4 is 5.32 Å². The maximum Gasteiger partial charge on any atom is 0.328 e. The van der Waals surface area contributed by atoms with Gasteiger partial charge in [0.15, 0.2) is 0 Å². The first kappa shape index (κ1) is 14.5. The molecule has 0 spiro atoms. The van der Waals surface area contributed by atoms with Gasteiger partial charge < -0.3 is 10.4 Å². The van der Waals surface area contributed by atoms with E-state index in [0.717, 1.165) is 5.92 Å². The largest absolute Gasteiger partial charge is 0.480 e. The van der Waals surface area contributed by atoms with Gasteiger partial charge >= 0.3 is 5.97 Å². The molecule has 0 aliphatic rings. The summed E-state index contributed by atoms with van der Waals surface area (Å²) in [5, 5.41) is 10.5. The Kier molecular flexibility index (Phi) is 7.18. The van der Waals surface area contributed by atoms with Crippen LogP contribution in [0.15, 0.2) is 0 Å². The Hall–Kier alpha value is -1.06. The van der Waals surface area contributed by atoms with E-state index in [1.165, 1.54) is 13.8 Å². The minimum atomic E-state index is -1.15. The van der Waals surface area contributed by atoms with Crippen LogP contribution in [-0.2, 0) is 9.59 Å². The molecule has 4 heteroatoms. The van der Waals surface area contributed by atoms with E-state index in [9.17, 15) is 9.59 Å². The molecule has 1 amide bonds. The van der Waals surface area contributed by atoms with Crippen molar-refractivity contribution in [1.82, 2.24) is 5.32 Å². The van der Waals surface area contributed by atoms with E-state index in [1.54, 1.807) is 0 Å². The average Bonchev–Trinajstić information content (AvgIpc) is 1.85. The Bertz CT molecular complexity index is 161. The van der Waals surface area contributed by atoms with E-state index >= 15 is 0 Å². The third-order valence-electron chi connectivity index (χ3n) is 0.954. The summed E-state index contributed by atoms with van der Waals surface area (Å²) in [6, 6.07) is 0. The van der Waals surface area contributed by atoms with Gasteiger partial charge in [0.25, 0.3) is 0 Å². The summed E-state index contributed by atoms with van der Waals surface area (Å²) in [6.45, 7) is 9.31. The third kappa shape index (κ3) is 10.9. The van der Waals surface area contributed by atoms with Crippen molar-refractivity contribution in [1.29, 1.82) is 0 Å². The number of carbonyl (C=O) groups is 2. The second kappa shape index (κ2) is 6.46. The van der Waals surface area contributed by atoms with Crippen molar-refractivity contribution in [2.24, 2.45) is 5.92 Å². The van der Waals surface area contributed by atoms with Gasteiger partial charge in [0.2, 0.25) is 6.41 Å². The summed E-state index contributed by atoms with van der Waals surface area (Å²) in [4.78, 5) is 19.9. The van der Waals surface area contributed by atoms with Crippen molar-refractivity contribution >= 4 is 12.4 Å². The Balaban J connectivity index is 0. The first-order valence-corrected chi connectivity index (χ1v) is 4.18. The van der Waals surface area contributed by atoms with Gasteiger partial charge in [0.05, 0.1) is 0 Å². The van der Waals surface area contributed by atoms with E-state index in [0.29, 0.717) is 6.41 Å². The van der Waals surface area contributed by atoms with Crippen molar-refractivity contribution in [3.8, 4) is 0 Å². The smallest absolute Gasteiger partial charge is 0.328 e. The number of carboxylic acids is 1. The van der Waals surface area contributed by atoms with Gasteiger partial charge in [-0.2, -0.15) is 0 Å². The van der Waals surface area contributed by atoms with Crippen molar-refractivity contribution in [2.45, 2.75) is 40.2 Å². The molecule has 0 unspecified atom stereocenters. The third-order valence-corrected chi connectivity index (χ3v) is 0.954. The Labute approximate surface area is 79.3 Å². The number of nitrogens with one attached hydrogen (secondary N) is 1. The predicted molar refractivity (Wildman–Crippen MR) is 51.4 cm³/mol. The molecular formula is C9H19NO3. The highest BCUT2D eigenvalue weighted by Gasteiger charge is 2.25. The monoisotopic (exact) mass is 189 g/mol. The molecule has 0 radical (unpaired) electrons. The fourth-order valence-electron chi connectivity index (χ4n) is 0.209. The number of aliphatic carboxylic acids is 1. The molecule has 78 valence electrons. The quantitative estimate of drug-likeness (QED) is 0.657. The first-order chi connectivity index (χ1) is 5.74. The van der Waals surface area contributed by atoms with E-state index in [4.69, 9.17) is 5.11 Å². The molecule has 13 heavy (non-hydrogen) atoms. The molecule has 2 N–H and O–H groups in total. The fraction of sp³-hybridized carbons (Fsp3) is 0.778. The van der Waals surface area contributed by atoms with Crippen LogP contribution in [0.4, 0.5) is 0 Å². The topological polar surface area (TPSA) is 66.4 Å². The number of carboxylic acid groups (broad SMARTS) is 1. The van der Waals surface area contributed by atoms with Crippen LogP contribution in [0.5, 0.6) is 0 Å². The number of amides is 1. The number of hydrogen-bond acceptors (Lipinski definition) is 2. The Morgan fingerprint density at radius 3 is 1.77 bits per heavy atom. The highest BCUT2D eigenvalue weighted by Crippen LogP contribution is 1.98. The lowest BCUT2D eigenvalue weighted by molar-refractivity contribution is -0.144. The van der Waals surface area contributed by atoms with Gasteiger partial charge in [0, 0.05) is 0 Å². The van der Waals surface area contributed by atoms with E-state index in [2.05, 4.69) is 26.1 Å². The lowest BCUT2D eigenvalue weighted by Crippen LogP contribution is -2.45. The lowest BCUT2D eigenvalue weighted by Gasteiger charge is -2.16. The van der Waals surface area contributed by atoms with Crippen molar-refractivity contribution < 1.29 is 14.7 Å². The van der Waals surface area contributed by atoms with Crippen LogP contribution in [-0.4, -0.2) is 23.0 Å². The van der Waals surface area contributed by atoms with Gasteiger partial charge in [0.1, 0.15) is 5.54 Å². The minimum Gasteiger partial charge on any atom is -0.480 e. The Morgan fingerprint density at radius 1 is 1.38 bits per heavy atom. The molecule has 0 bridgehead atoms. The van der Waals surface area contributed by atoms with Crippen molar-refractivity contribution in [2.75, 3.05) is 0 Å². The molecule has 0 aliphatic heterocycles. The zero-order chi connectivity index (χ0) is 11.1. The van der Waals surface area contributed by atoms with Crippen molar-refractivity contribution in [3.63, 3.8) is 0 Å². The highest BCUT2D eigenvalue weighted by molar-refractivity contribution is 5.80. The SMILES string of the molecule is CC(C)(NC=O)C(=O)O.CC(C)C. The standard InChI is InChI=1S/C5H9NO3.C4H10/c1-5(2,4(8)9)6-3-7;1-4(2)3/h3H,1-2H3,(H,6,7)(H,8,9);4H,1-3H3. The first-order valence-electron chi connectivity index (χ1n) is 4.18. The summed E-state index contributed by atoms with van der Waals surface area (Å²) < 4.78 is 0. The van der Waals surface area contributed by atoms with Gasteiger partial charge in [-0.3, -0.25) is 4.79 Å². The molecular weight excluding hydrogens is 170 g/mol. The zero-order valence-electron chi connectivity index (χ0n) is 8.92. The van der Waals surface area contributed by atoms with Crippen LogP contribution in [0.3, 0.4) is 0 Å². The minimum absolute atomic E-state index is 0.369. The second-order valence-corrected chi connectivity index (χ2v) is 3.92. The summed E-state index contributed by atoms with van der Waals surface area (Å²) >= 11 is 0. The van der Waals surface area contributed by atoms with E-state index in [1.807, 2.05) is 0 Å². The van der Waals surface area contributed by atoms with Crippen LogP contribution in [0.1, 0.15) is 34.6 Å². The van der Waals surface area contributed by atoms with E-state index in [-0.39, 0.29) is 0 Å². The zero-order valence-corrected chi connectivity index (χ0v) is 8.92. The van der Waals surface area contributed by atoms with Gasteiger partial charge in [-0.25, -0.2) is 4.79 Å². The maximum absolute atomic E-state index is 10.2. The van der Waals surface area contributed by atoms with Crippen LogP contribution in [0.2, 0.25) is 0 Å². The lowest BCUT2D eigenvalue weighted by atomic mass is 10.1. The molecule has 0 aromatic heterocycles. The molecule has 0 saturated heterocycles. The van der Waals surface area contributed by atoms with Crippen LogP contribution in [0, 0.1) is 5.92 Å². The maximum atomic E-state index is 10.2. The van der Waals surface area contributed by atoms with Crippen LogP contribution >= 0.6 is 0 Å². The number of rotatable bonds is 3. The molecule has 0 aliphatic carbocycles. The summed E-state index contributed by atoms with van der Waals surface area (Å²) in [6.07, 6.45) is 0.369. The van der Waals surface area contributed by atoms with Gasteiger partial charge in [-0.1, -0.05) is 20.8 Å². The molecule has 0 fully saturated rings. The average molecular weight is 189 g/mol. The van der Waals surface area contributed by atoms with Gasteiger partial charge in [-0.05, 0) is 19.8 Å². The molecule has 0 heterocycles.